The van der Waals surface area contributed by atoms with Crippen molar-refractivity contribution in [2.75, 3.05) is 6.54 Å². The van der Waals surface area contributed by atoms with Gasteiger partial charge in [0.1, 0.15) is 18.8 Å². The molecule has 0 aliphatic carbocycles. The van der Waals surface area contributed by atoms with Crippen molar-refractivity contribution >= 4 is 18.1 Å². The first-order valence-electron chi connectivity index (χ1n) is 6.98. The SMILES string of the molecule is CC(C)(C)OC(=O)NCC(=O)NNC(=O)OCc1ccccc1. The van der Waals surface area contributed by atoms with E-state index in [4.69, 9.17) is 9.47 Å². The number of nitrogens with one attached hydrogen (secondary N) is 3. The summed E-state index contributed by atoms with van der Waals surface area (Å²) in [5, 5.41) is 2.26. The molecule has 0 spiro atoms. The third kappa shape index (κ3) is 8.97. The maximum Gasteiger partial charge on any atom is 0.426 e. The van der Waals surface area contributed by atoms with Gasteiger partial charge in [0.05, 0.1) is 0 Å². The van der Waals surface area contributed by atoms with Gasteiger partial charge < -0.3 is 14.8 Å². The number of benzene rings is 1. The molecule has 0 aliphatic heterocycles. The van der Waals surface area contributed by atoms with Gasteiger partial charge in [-0.25, -0.2) is 15.0 Å². The number of carbonyl (C=O) groups is 3. The number of carbonyl (C=O) groups excluding carboxylic acids is 3. The zero-order valence-electron chi connectivity index (χ0n) is 13.3. The van der Waals surface area contributed by atoms with E-state index in [-0.39, 0.29) is 13.2 Å². The third-order valence-corrected chi connectivity index (χ3v) is 2.31. The predicted octanol–water partition coefficient (Wildman–Crippen LogP) is 1.47. The molecule has 126 valence electrons. The summed E-state index contributed by atoms with van der Waals surface area (Å²) in [5.41, 5.74) is 4.34. The molecule has 8 nitrogen and oxygen atoms in total. The first-order chi connectivity index (χ1) is 10.8. The quantitative estimate of drug-likeness (QED) is 0.728. The molecule has 0 radical (unpaired) electrons. The molecule has 23 heavy (non-hydrogen) atoms. The van der Waals surface area contributed by atoms with E-state index in [9.17, 15) is 14.4 Å². The largest absolute Gasteiger partial charge is 0.444 e. The molecule has 0 atom stereocenters. The molecule has 0 aliphatic rings. The van der Waals surface area contributed by atoms with Crippen LogP contribution in [-0.2, 0) is 20.9 Å². The van der Waals surface area contributed by atoms with E-state index in [0.29, 0.717) is 0 Å². The van der Waals surface area contributed by atoms with E-state index in [1.165, 1.54) is 0 Å². The Morgan fingerprint density at radius 1 is 1.00 bits per heavy atom. The Kier molecular flexibility index (Phi) is 6.85. The summed E-state index contributed by atoms with van der Waals surface area (Å²) >= 11 is 0. The molecule has 0 saturated heterocycles. The maximum absolute atomic E-state index is 11.4. The molecule has 1 aromatic rings. The number of hydrogen-bond acceptors (Lipinski definition) is 5. The van der Waals surface area contributed by atoms with E-state index in [0.717, 1.165) is 5.56 Å². The number of ether oxygens (including phenoxy) is 2. The molecule has 0 heterocycles. The first kappa shape index (κ1) is 18.3. The minimum Gasteiger partial charge on any atom is -0.444 e. The lowest BCUT2D eigenvalue weighted by Gasteiger charge is -2.19. The van der Waals surface area contributed by atoms with E-state index in [2.05, 4.69) is 16.2 Å². The summed E-state index contributed by atoms with van der Waals surface area (Å²) in [5.74, 6) is -0.618. The van der Waals surface area contributed by atoms with Gasteiger partial charge in [-0.15, -0.1) is 0 Å². The lowest BCUT2D eigenvalue weighted by Crippen LogP contribution is -2.47. The van der Waals surface area contributed by atoms with Crippen LogP contribution < -0.4 is 16.2 Å². The van der Waals surface area contributed by atoms with Gasteiger partial charge in [0.25, 0.3) is 5.91 Å². The standard InChI is InChI=1S/C15H21N3O5/c1-15(2,3)23-13(20)16-9-12(19)17-18-14(21)22-10-11-7-5-4-6-8-11/h4-8H,9-10H2,1-3H3,(H,16,20)(H,17,19)(H,18,21). The number of hydrazine groups is 1. The smallest absolute Gasteiger partial charge is 0.426 e. The topological polar surface area (TPSA) is 106 Å². The zero-order valence-corrected chi connectivity index (χ0v) is 13.3. The van der Waals surface area contributed by atoms with Crippen LogP contribution in [0.4, 0.5) is 9.59 Å². The van der Waals surface area contributed by atoms with Crippen LogP contribution in [0, 0.1) is 0 Å². The van der Waals surface area contributed by atoms with Gasteiger partial charge in [-0.2, -0.15) is 0 Å². The Balaban J connectivity index is 2.17. The second-order valence-electron chi connectivity index (χ2n) is 5.59. The van der Waals surface area contributed by atoms with Crippen molar-refractivity contribution in [1.29, 1.82) is 0 Å². The molecule has 0 unspecified atom stereocenters. The molecule has 0 saturated carbocycles. The summed E-state index contributed by atoms with van der Waals surface area (Å²) in [6, 6.07) is 9.09. The van der Waals surface area contributed by atoms with Gasteiger partial charge in [-0.05, 0) is 26.3 Å². The van der Waals surface area contributed by atoms with Gasteiger partial charge in [-0.1, -0.05) is 30.3 Å². The van der Waals surface area contributed by atoms with E-state index in [1.807, 2.05) is 18.2 Å². The van der Waals surface area contributed by atoms with Crippen molar-refractivity contribution in [2.45, 2.75) is 33.0 Å². The van der Waals surface area contributed by atoms with Crippen molar-refractivity contribution in [1.82, 2.24) is 16.2 Å². The molecule has 3 amide bonds. The Labute approximate surface area is 134 Å². The van der Waals surface area contributed by atoms with Crippen LogP contribution in [0.1, 0.15) is 26.3 Å². The highest BCUT2D eigenvalue weighted by Crippen LogP contribution is 2.06. The number of amides is 3. The fourth-order valence-corrected chi connectivity index (χ4v) is 1.39. The van der Waals surface area contributed by atoms with Gasteiger partial charge in [-0.3, -0.25) is 10.2 Å². The third-order valence-electron chi connectivity index (χ3n) is 2.31. The van der Waals surface area contributed by atoms with Crippen LogP contribution >= 0.6 is 0 Å². The predicted molar refractivity (Wildman–Crippen MR) is 82.1 cm³/mol. The Hall–Kier alpha value is -2.77. The lowest BCUT2D eigenvalue weighted by molar-refractivity contribution is -0.121. The molecule has 0 aromatic heterocycles. The van der Waals surface area contributed by atoms with Crippen molar-refractivity contribution in [3.63, 3.8) is 0 Å². The van der Waals surface area contributed by atoms with Crippen LogP contribution in [0.15, 0.2) is 30.3 Å². The fourth-order valence-electron chi connectivity index (χ4n) is 1.39. The fraction of sp³-hybridized carbons (Fsp3) is 0.400. The highest BCUT2D eigenvalue weighted by atomic mass is 16.6. The van der Waals surface area contributed by atoms with Crippen LogP contribution in [-0.4, -0.2) is 30.2 Å². The number of rotatable bonds is 4. The van der Waals surface area contributed by atoms with Crippen LogP contribution in [0.3, 0.4) is 0 Å². The first-order valence-corrected chi connectivity index (χ1v) is 6.98. The van der Waals surface area contributed by atoms with Crippen LogP contribution in [0.5, 0.6) is 0 Å². The summed E-state index contributed by atoms with van der Waals surface area (Å²) in [7, 11) is 0. The van der Waals surface area contributed by atoms with Crippen molar-refractivity contribution in [3.8, 4) is 0 Å². The summed E-state index contributed by atoms with van der Waals surface area (Å²) < 4.78 is 9.85. The minimum atomic E-state index is -0.806. The van der Waals surface area contributed by atoms with Gasteiger partial charge >= 0.3 is 12.2 Å². The maximum atomic E-state index is 11.4. The molecule has 8 heteroatoms. The molecule has 0 fully saturated rings. The zero-order chi connectivity index (χ0) is 17.3. The second-order valence-corrected chi connectivity index (χ2v) is 5.59. The Morgan fingerprint density at radius 2 is 1.65 bits per heavy atom. The molecule has 1 rings (SSSR count). The van der Waals surface area contributed by atoms with E-state index in [1.54, 1.807) is 32.9 Å². The highest BCUT2D eigenvalue weighted by Gasteiger charge is 2.16. The van der Waals surface area contributed by atoms with E-state index >= 15 is 0 Å². The van der Waals surface area contributed by atoms with Crippen molar-refractivity contribution in [3.05, 3.63) is 35.9 Å². The van der Waals surface area contributed by atoms with Crippen molar-refractivity contribution < 1.29 is 23.9 Å². The summed E-state index contributed by atoms with van der Waals surface area (Å²) in [4.78, 5) is 34.2. The van der Waals surface area contributed by atoms with Crippen molar-refractivity contribution in [2.24, 2.45) is 0 Å². The van der Waals surface area contributed by atoms with Gasteiger partial charge in [0.2, 0.25) is 0 Å². The van der Waals surface area contributed by atoms with Gasteiger partial charge in [0.15, 0.2) is 0 Å². The summed E-state index contributed by atoms with van der Waals surface area (Å²) in [6.45, 7) is 4.86. The Bertz CT molecular complexity index is 540. The highest BCUT2D eigenvalue weighted by molar-refractivity contribution is 5.83. The monoisotopic (exact) mass is 323 g/mol. The number of hydrogen-bond donors (Lipinski definition) is 3. The molecular weight excluding hydrogens is 302 g/mol. The minimum absolute atomic E-state index is 0.0820. The normalized spacial score (nSPS) is 10.4. The molecule has 1 aromatic carbocycles. The molecule has 3 N–H and O–H groups in total. The molecular formula is C15H21N3O5. The van der Waals surface area contributed by atoms with Crippen LogP contribution in [0.2, 0.25) is 0 Å². The van der Waals surface area contributed by atoms with Crippen LogP contribution in [0.25, 0.3) is 0 Å². The molecule has 0 bridgehead atoms. The average Bonchev–Trinajstić information content (AvgIpc) is 2.48. The van der Waals surface area contributed by atoms with Gasteiger partial charge in [0, 0.05) is 0 Å². The Morgan fingerprint density at radius 3 is 2.26 bits per heavy atom. The lowest BCUT2D eigenvalue weighted by atomic mass is 10.2. The average molecular weight is 323 g/mol. The van der Waals surface area contributed by atoms with E-state index < -0.39 is 23.7 Å². The summed E-state index contributed by atoms with van der Waals surface area (Å²) in [6.07, 6.45) is -1.53. The second kappa shape index (κ2) is 8.62. The number of alkyl carbamates (subject to hydrolysis) is 1.